The van der Waals surface area contributed by atoms with E-state index in [0.29, 0.717) is 13.1 Å². The Balaban J connectivity index is 0.00000338. The van der Waals surface area contributed by atoms with Gasteiger partial charge in [0, 0.05) is 13.1 Å². The summed E-state index contributed by atoms with van der Waals surface area (Å²) in [5.74, 6) is 2.56. The Morgan fingerprint density at radius 3 is 2.65 bits per heavy atom. The summed E-state index contributed by atoms with van der Waals surface area (Å²) >= 11 is 0. The molecule has 0 saturated carbocycles. The minimum atomic E-state index is 0. The molecule has 1 unspecified atom stereocenters. The number of nitrogens with zero attached hydrogens (tertiary/aromatic N) is 2. The third kappa shape index (κ3) is 6.87. The molecule has 0 saturated heterocycles. The van der Waals surface area contributed by atoms with Gasteiger partial charge >= 0.3 is 0 Å². The van der Waals surface area contributed by atoms with Crippen LogP contribution in [-0.4, -0.2) is 45.2 Å². The fraction of sp³-hybridized carbons (Fsp3) is 0.421. The first kappa shape index (κ1) is 22.3. The summed E-state index contributed by atoms with van der Waals surface area (Å²) in [5, 5.41) is 6.67. The highest BCUT2D eigenvalue weighted by atomic mass is 127. The third-order valence-corrected chi connectivity index (χ3v) is 3.86. The number of hydrogen-bond donors (Lipinski definition) is 2. The molecule has 0 aliphatic rings. The van der Waals surface area contributed by atoms with Crippen LogP contribution in [0.2, 0.25) is 0 Å². The molecule has 2 rings (SSSR count). The number of hydrogen-bond acceptors (Lipinski definition) is 4. The van der Waals surface area contributed by atoms with Gasteiger partial charge in [0.2, 0.25) is 0 Å². The second-order valence-electron chi connectivity index (χ2n) is 5.92. The predicted molar refractivity (Wildman–Crippen MR) is 116 cm³/mol. The number of ether oxygens (including phenoxy) is 1. The van der Waals surface area contributed by atoms with Crippen LogP contribution in [0.15, 0.2) is 52.1 Å². The normalized spacial score (nSPS) is 12.4. The molecule has 0 amide bonds. The number of halogens is 1. The van der Waals surface area contributed by atoms with E-state index >= 15 is 0 Å². The lowest BCUT2D eigenvalue weighted by atomic mass is 10.2. The summed E-state index contributed by atoms with van der Waals surface area (Å²) in [7, 11) is 5.74. The topological polar surface area (TPSA) is 62.0 Å². The van der Waals surface area contributed by atoms with E-state index in [1.54, 1.807) is 13.4 Å². The van der Waals surface area contributed by atoms with Crippen molar-refractivity contribution in [1.29, 1.82) is 0 Å². The zero-order chi connectivity index (χ0) is 18.1. The van der Waals surface area contributed by atoms with Crippen molar-refractivity contribution >= 4 is 29.9 Å². The van der Waals surface area contributed by atoms with Crippen LogP contribution in [-0.2, 0) is 6.54 Å². The largest absolute Gasteiger partial charge is 0.497 e. The summed E-state index contributed by atoms with van der Waals surface area (Å²) in [4.78, 5) is 6.78. The van der Waals surface area contributed by atoms with Gasteiger partial charge in [-0.25, -0.2) is 4.99 Å². The number of aliphatic imine (C=N–C) groups is 1. The maximum Gasteiger partial charge on any atom is 0.191 e. The quantitative estimate of drug-likeness (QED) is 0.351. The minimum Gasteiger partial charge on any atom is -0.497 e. The van der Waals surface area contributed by atoms with Crippen LogP contribution in [0.1, 0.15) is 24.3 Å². The number of furan rings is 1. The molecule has 1 atom stereocenters. The van der Waals surface area contributed by atoms with Gasteiger partial charge in [-0.2, -0.15) is 0 Å². The molecule has 1 aromatic carbocycles. The van der Waals surface area contributed by atoms with Gasteiger partial charge < -0.3 is 19.8 Å². The van der Waals surface area contributed by atoms with Gasteiger partial charge in [-0.1, -0.05) is 12.1 Å². The molecule has 0 bridgehead atoms. The van der Waals surface area contributed by atoms with Crippen LogP contribution < -0.4 is 15.4 Å². The molecule has 0 fully saturated rings. The molecular formula is C19H29IN4O2. The Kier molecular flexibility index (Phi) is 10.1. The Labute approximate surface area is 173 Å². The second-order valence-corrected chi connectivity index (χ2v) is 5.92. The van der Waals surface area contributed by atoms with E-state index in [1.807, 2.05) is 50.5 Å². The van der Waals surface area contributed by atoms with Crippen molar-refractivity contribution in [2.75, 3.05) is 34.3 Å². The van der Waals surface area contributed by atoms with Crippen molar-refractivity contribution in [2.24, 2.45) is 4.99 Å². The van der Waals surface area contributed by atoms with Crippen molar-refractivity contribution in [3.63, 3.8) is 0 Å². The summed E-state index contributed by atoms with van der Waals surface area (Å²) in [5.41, 5.74) is 1.10. The molecule has 1 aromatic heterocycles. The maximum absolute atomic E-state index is 5.55. The average Bonchev–Trinajstić information content (AvgIpc) is 3.14. The molecular weight excluding hydrogens is 443 g/mol. The number of methoxy groups -OCH3 is 1. The van der Waals surface area contributed by atoms with E-state index in [9.17, 15) is 0 Å². The molecule has 0 spiro atoms. The lowest BCUT2D eigenvalue weighted by molar-refractivity contribution is 0.258. The van der Waals surface area contributed by atoms with Crippen molar-refractivity contribution in [1.82, 2.24) is 15.5 Å². The van der Waals surface area contributed by atoms with E-state index < -0.39 is 0 Å². The van der Waals surface area contributed by atoms with E-state index in [0.717, 1.165) is 29.6 Å². The lowest BCUT2D eigenvalue weighted by Crippen LogP contribution is -2.41. The molecule has 0 radical (unpaired) electrons. The van der Waals surface area contributed by atoms with Gasteiger partial charge in [0.25, 0.3) is 0 Å². The lowest BCUT2D eigenvalue weighted by Gasteiger charge is -2.23. The highest BCUT2D eigenvalue weighted by Crippen LogP contribution is 2.17. The molecule has 144 valence electrons. The number of rotatable bonds is 8. The van der Waals surface area contributed by atoms with Crippen LogP contribution >= 0.6 is 24.0 Å². The van der Waals surface area contributed by atoms with Gasteiger partial charge in [0.05, 0.1) is 26.0 Å². The fourth-order valence-electron chi connectivity index (χ4n) is 2.49. The van der Waals surface area contributed by atoms with Crippen molar-refractivity contribution in [3.05, 3.63) is 54.0 Å². The van der Waals surface area contributed by atoms with E-state index in [4.69, 9.17) is 9.15 Å². The molecule has 1 heterocycles. The zero-order valence-electron chi connectivity index (χ0n) is 15.9. The first-order valence-electron chi connectivity index (χ1n) is 8.49. The highest BCUT2D eigenvalue weighted by molar-refractivity contribution is 14.0. The monoisotopic (exact) mass is 472 g/mol. The minimum absolute atomic E-state index is 0. The van der Waals surface area contributed by atoms with Crippen LogP contribution in [0.5, 0.6) is 5.75 Å². The van der Waals surface area contributed by atoms with Gasteiger partial charge in [0.1, 0.15) is 11.5 Å². The maximum atomic E-state index is 5.55. The summed E-state index contributed by atoms with van der Waals surface area (Å²) in [6.45, 7) is 4.14. The molecule has 0 aliphatic carbocycles. The van der Waals surface area contributed by atoms with Crippen molar-refractivity contribution in [2.45, 2.75) is 19.5 Å². The molecule has 26 heavy (non-hydrogen) atoms. The Hall–Kier alpha value is -1.74. The number of benzene rings is 1. The van der Waals surface area contributed by atoms with Gasteiger partial charge in [-0.15, -0.1) is 24.0 Å². The number of likely N-dealkylation sites (N-methyl/N-ethyl adjacent to an activating group) is 1. The highest BCUT2D eigenvalue weighted by Gasteiger charge is 2.17. The van der Waals surface area contributed by atoms with Crippen LogP contribution in [0.4, 0.5) is 0 Å². The fourth-order valence-corrected chi connectivity index (χ4v) is 2.49. The zero-order valence-corrected chi connectivity index (χ0v) is 18.2. The molecule has 2 aromatic rings. The second kappa shape index (κ2) is 11.8. The van der Waals surface area contributed by atoms with Crippen LogP contribution in [0.25, 0.3) is 0 Å². The van der Waals surface area contributed by atoms with Gasteiger partial charge in [-0.05, 0) is 50.8 Å². The van der Waals surface area contributed by atoms with E-state index in [1.165, 1.54) is 0 Å². The predicted octanol–water partition coefficient (Wildman–Crippen LogP) is 3.26. The first-order chi connectivity index (χ1) is 12.1. The molecule has 0 aliphatic heterocycles. The van der Waals surface area contributed by atoms with Crippen LogP contribution in [0, 0.1) is 0 Å². The number of guanidine groups is 1. The summed E-state index contributed by atoms with van der Waals surface area (Å²) in [6, 6.07) is 12.0. The Bertz CT molecular complexity index is 659. The first-order valence-corrected chi connectivity index (χ1v) is 8.49. The van der Waals surface area contributed by atoms with E-state index in [2.05, 4.69) is 27.4 Å². The van der Waals surface area contributed by atoms with Gasteiger partial charge in [0.15, 0.2) is 5.96 Å². The van der Waals surface area contributed by atoms with Gasteiger partial charge in [-0.3, -0.25) is 4.90 Å². The smallest absolute Gasteiger partial charge is 0.191 e. The van der Waals surface area contributed by atoms with Crippen molar-refractivity contribution < 1.29 is 9.15 Å². The standard InChI is InChI=1S/C19H28N4O2.HI/c1-5-20-19(21-13-15-8-6-9-16(12-15)24-4)22-14-17(23(2)3)18-10-7-11-25-18;/h6-12,17H,5,13-14H2,1-4H3,(H2,20,21,22);1H. The molecule has 7 heteroatoms. The third-order valence-electron chi connectivity index (χ3n) is 3.86. The Morgan fingerprint density at radius 2 is 2.04 bits per heavy atom. The van der Waals surface area contributed by atoms with Crippen LogP contribution in [0.3, 0.4) is 0 Å². The molecule has 2 N–H and O–H groups in total. The summed E-state index contributed by atoms with van der Waals surface area (Å²) in [6.07, 6.45) is 1.70. The average molecular weight is 472 g/mol. The van der Waals surface area contributed by atoms with Crippen molar-refractivity contribution in [3.8, 4) is 5.75 Å². The van der Waals surface area contributed by atoms with E-state index in [-0.39, 0.29) is 30.0 Å². The molecule has 6 nitrogen and oxygen atoms in total. The Morgan fingerprint density at radius 1 is 1.23 bits per heavy atom. The SMILES string of the molecule is CCNC(=NCc1cccc(OC)c1)NCC(c1ccco1)N(C)C.I. The number of nitrogens with one attached hydrogen (secondary N) is 2. The summed E-state index contributed by atoms with van der Waals surface area (Å²) < 4.78 is 10.8.